The summed E-state index contributed by atoms with van der Waals surface area (Å²) in [6.07, 6.45) is 0.592. The number of thioether (sulfide) groups is 1. The first-order valence-corrected chi connectivity index (χ1v) is 6.26. The Kier molecular flexibility index (Phi) is 3.38. The van der Waals surface area contributed by atoms with Gasteiger partial charge >= 0.3 is 5.97 Å². The number of aliphatic carboxylic acids is 1. The minimum atomic E-state index is -0.810. The van der Waals surface area contributed by atoms with E-state index < -0.39 is 5.97 Å². The van der Waals surface area contributed by atoms with Crippen LogP contribution in [0.1, 0.15) is 18.9 Å². The summed E-state index contributed by atoms with van der Waals surface area (Å²) in [5.41, 5.74) is 1.72. The smallest absolute Gasteiger partial charge is 0.303 e. The minimum Gasteiger partial charge on any atom is -0.481 e. The van der Waals surface area contributed by atoms with Crippen molar-refractivity contribution in [3.05, 3.63) is 23.8 Å². The first-order valence-electron chi connectivity index (χ1n) is 5.38. The second-order valence-corrected chi connectivity index (χ2v) is 5.36. The highest BCUT2D eigenvalue weighted by Gasteiger charge is 2.22. The number of hydrogen-bond donors (Lipinski definition) is 2. The summed E-state index contributed by atoms with van der Waals surface area (Å²) in [4.78, 5) is 23.0. The fourth-order valence-corrected chi connectivity index (χ4v) is 2.59. The quantitative estimate of drug-likeness (QED) is 0.863. The Balaban J connectivity index is 2.17. The number of nitrogens with one attached hydrogen (secondary N) is 1. The van der Waals surface area contributed by atoms with Crippen LogP contribution >= 0.6 is 11.8 Å². The molecular formula is C12H13NO3S. The third kappa shape index (κ3) is 2.79. The van der Waals surface area contributed by atoms with Crippen molar-refractivity contribution in [1.29, 1.82) is 0 Å². The van der Waals surface area contributed by atoms with Crippen LogP contribution in [0.25, 0.3) is 0 Å². The second-order valence-electron chi connectivity index (χ2n) is 3.97. The number of carbonyl (C=O) groups is 2. The molecule has 90 valence electrons. The number of aryl methyl sites for hydroxylation is 1. The highest BCUT2D eigenvalue weighted by atomic mass is 32.2. The zero-order chi connectivity index (χ0) is 12.4. The van der Waals surface area contributed by atoms with Crippen LogP contribution in [-0.2, 0) is 16.0 Å². The molecule has 1 atom stereocenters. The number of benzene rings is 1. The average Bonchev–Trinajstić information content (AvgIpc) is 2.28. The Morgan fingerprint density at radius 3 is 3.00 bits per heavy atom. The third-order valence-electron chi connectivity index (χ3n) is 2.60. The van der Waals surface area contributed by atoms with Crippen LogP contribution in [0, 0.1) is 0 Å². The molecule has 0 saturated heterocycles. The Labute approximate surface area is 103 Å². The maximum absolute atomic E-state index is 11.5. The van der Waals surface area contributed by atoms with Crippen LogP contribution in [0.2, 0.25) is 0 Å². The van der Waals surface area contributed by atoms with E-state index in [2.05, 4.69) is 5.32 Å². The SMILES string of the molecule is CC1Sc2ccc(CCC(=O)O)cc2NC1=O. The van der Waals surface area contributed by atoms with Crippen molar-refractivity contribution in [1.82, 2.24) is 0 Å². The number of carboxylic acid groups (broad SMARTS) is 1. The number of rotatable bonds is 3. The van der Waals surface area contributed by atoms with Crippen LogP contribution in [0.15, 0.2) is 23.1 Å². The molecule has 1 amide bonds. The van der Waals surface area contributed by atoms with Crippen molar-refractivity contribution >= 4 is 29.3 Å². The molecule has 1 heterocycles. The molecule has 0 saturated carbocycles. The van der Waals surface area contributed by atoms with E-state index in [1.165, 1.54) is 11.8 Å². The Morgan fingerprint density at radius 1 is 1.53 bits per heavy atom. The average molecular weight is 251 g/mol. The van der Waals surface area contributed by atoms with Crippen LogP contribution in [0.3, 0.4) is 0 Å². The van der Waals surface area contributed by atoms with Gasteiger partial charge in [0.2, 0.25) is 5.91 Å². The number of anilines is 1. The Morgan fingerprint density at radius 2 is 2.29 bits per heavy atom. The van der Waals surface area contributed by atoms with E-state index in [0.717, 1.165) is 16.1 Å². The molecule has 17 heavy (non-hydrogen) atoms. The molecule has 0 aliphatic carbocycles. The van der Waals surface area contributed by atoms with Gasteiger partial charge in [-0.2, -0.15) is 0 Å². The summed E-state index contributed by atoms with van der Waals surface area (Å²) >= 11 is 1.52. The van der Waals surface area contributed by atoms with Crippen molar-refractivity contribution in [2.45, 2.75) is 29.9 Å². The molecule has 0 radical (unpaired) electrons. The van der Waals surface area contributed by atoms with Crippen molar-refractivity contribution in [3.63, 3.8) is 0 Å². The number of hydrogen-bond acceptors (Lipinski definition) is 3. The van der Waals surface area contributed by atoms with Gasteiger partial charge in [-0.3, -0.25) is 9.59 Å². The van der Waals surface area contributed by atoms with E-state index >= 15 is 0 Å². The maximum atomic E-state index is 11.5. The molecule has 1 unspecified atom stereocenters. The summed E-state index contributed by atoms with van der Waals surface area (Å²) < 4.78 is 0. The van der Waals surface area contributed by atoms with Gasteiger partial charge in [-0.25, -0.2) is 0 Å². The van der Waals surface area contributed by atoms with Gasteiger partial charge < -0.3 is 10.4 Å². The fraction of sp³-hybridized carbons (Fsp3) is 0.333. The van der Waals surface area contributed by atoms with Gasteiger partial charge in [0.15, 0.2) is 0 Å². The summed E-state index contributed by atoms with van der Waals surface area (Å²) in [6, 6.07) is 5.71. The Bertz CT molecular complexity index is 473. The largest absolute Gasteiger partial charge is 0.481 e. The predicted molar refractivity (Wildman–Crippen MR) is 66.3 cm³/mol. The molecule has 1 aromatic carbocycles. The maximum Gasteiger partial charge on any atom is 0.303 e. The summed E-state index contributed by atoms with van der Waals surface area (Å²) in [7, 11) is 0. The zero-order valence-corrected chi connectivity index (χ0v) is 10.2. The normalized spacial score (nSPS) is 18.4. The molecule has 2 rings (SSSR count). The van der Waals surface area contributed by atoms with Crippen molar-refractivity contribution in [2.24, 2.45) is 0 Å². The standard InChI is InChI=1S/C12H13NO3S/c1-7-12(16)13-9-6-8(3-5-11(14)15)2-4-10(9)17-7/h2,4,6-7H,3,5H2,1H3,(H,13,16)(H,14,15). The van der Waals surface area contributed by atoms with Gasteiger partial charge in [0, 0.05) is 11.3 Å². The van der Waals surface area contributed by atoms with Crippen LogP contribution in [0.5, 0.6) is 0 Å². The lowest BCUT2D eigenvalue weighted by Gasteiger charge is -2.21. The molecular weight excluding hydrogens is 238 g/mol. The molecule has 2 N–H and O–H groups in total. The highest BCUT2D eigenvalue weighted by molar-refractivity contribution is 8.00. The van der Waals surface area contributed by atoms with E-state index in [1.54, 1.807) is 0 Å². The molecule has 0 bridgehead atoms. The van der Waals surface area contributed by atoms with Gasteiger partial charge in [-0.15, -0.1) is 11.8 Å². The van der Waals surface area contributed by atoms with Gasteiger partial charge in [-0.1, -0.05) is 6.07 Å². The van der Waals surface area contributed by atoms with Crippen molar-refractivity contribution in [3.8, 4) is 0 Å². The molecule has 0 aromatic heterocycles. The predicted octanol–water partition coefficient (Wildman–Crippen LogP) is 2.14. The lowest BCUT2D eigenvalue weighted by molar-refractivity contribution is -0.137. The van der Waals surface area contributed by atoms with Gasteiger partial charge in [0.25, 0.3) is 0 Å². The van der Waals surface area contributed by atoms with Crippen molar-refractivity contribution < 1.29 is 14.7 Å². The lowest BCUT2D eigenvalue weighted by atomic mass is 10.1. The lowest BCUT2D eigenvalue weighted by Crippen LogP contribution is -2.26. The summed E-state index contributed by atoms with van der Waals surface area (Å²) in [5.74, 6) is -0.812. The topological polar surface area (TPSA) is 66.4 Å². The van der Waals surface area contributed by atoms with Gasteiger partial charge in [0.05, 0.1) is 10.9 Å². The molecule has 0 fully saturated rings. The molecule has 1 aliphatic rings. The fourth-order valence-electron chi connectivity index (χ4n) is 1.66. The first kappa shape index (κ1) is 12.0. The van der Waals surface area contributed by atoms with Gasteiger partial charge in [-0.05, 0) is 31.0 Å². The summed E-state index contributed by atoms with van der Waals surface area (Å²) in [5, 5.41) is 11.4. The highest BCUT2D eigenvalue weighted by Crippen LogP contribution is 2.36. The van der Waals surface area contributed by atoms with Gasteiger partial charge in [0.1, 0.15) is 0 Å². The van der Waals surface area contributed by atoms with Crippen LogP contribution in [0.4, 0.5) is 5.69 Å². The number of carbonyl (C=O) groups excluding carboxylic acids is 1. The van der Waals surface area contributed by atoms with E-state index in [9.17, 15) is 9.59 Å². The Hall–Kier alpha value is -1.49. The van der Waals surface area contributed by atoms with E-state index in [1.807, 2.05) is 25.1 Å². The van der Waals surface area contributed by atoms with Crippen LogP contribution < -0.4 is 5.32 Å². The van der Waals surface area contributed by atoms with E-state index in [4.69, 9.17) is 5.11 Å². The molecule has 1 aromatic rings. The number of amides is 1. The van der Waals surface area contributed by atoms with E-state index in [-0.39, 0.29) is 17.6 Å². The summed E-state index contributed by atoms with van der Waals surface area (Å²) in [6.45, 7) is 1.86. The molecule has 0 spiro atoms. The number of fused-ring (bicyclic) bond motifs is 1. The first-order chi connectivity index (χ1) is 8.06. The molecule has 4 nitrogen and oxygen atoms in total. The molecule has 5 heteroatoms. The zero-order valence-electron chi connectivity index (χ0n) is 9.40. The molecule has 1 aliphatic heterocycles. The third-order valence-corrected chi connectivity index (χ3v) is 3.78. The van der Waals surface area contributed by atoms with Crippen LogP contribution in [-0.4, -0.2) is 22.2 Å². The minimum absolute atomic E-state index is 0.00196. The second kappa shape index (κ2) is 4.79. The monoisotopic (exact) mass is 251 g/mol. The van der Waals surface area contributed by atoms with Crippen molar-refractivity contribution in [2.75, 3.05) is 5.32 Å². The number of carboxylic acids is 1. The van der Waals surface area contributed by atoms with E-state index in [0.29, 0.717) is 6.42 Å².